The number of hydrogen-bond donors (Lipinski definition) is 1. The van der Waals surface area contributed by atoms with Crippen LogP contribution >= 0.6 is 11.3 Å². The number of thiophene rings is 1. The average molecular weight is 225 g/mol. The summed E-state index contributed by atoms with van der Waals surface area (Å²) in [6.07, 6.45) is 2.40. The second kappa shape index (κ2) is 5.10. The van der Waals surface area contributed by atoms with Gasteiger partial charge in [-0.3, -0.25) is 4.90 Å². The number of hydrogen-bond acceptors (Lipinski definition) is 3. The Balaban J connectivity index is 1.94. The largest absolute Gasteiger partial charge is 0.396 e. The number of likely N-dealkylation sites (tertiary alicyclic amines) is 1. The third-order valence-corrected chi connectivity index (χ3v) is 4.06. The molecule has 1 saturated heterocycles. The van der Waals surface area contributed by atoms with Gasteiger partial charge in [0.25, 0.3) is 0 Å². The lowest BCUT2D eigenvalue weighted by Gasteiger charge is -2.37. The third kappa shape index (κ3) is 2.80. The zero-order valence-electron chi connectivity index (χ0n) is 9.22. The molecule has 15 heavy (non-hydrogen) atoms. The average Bonchev–Trinajstić information content (AvgIpc) is 2.74. The van der Waals surface area contributed by atoms with Crippen molar-refractivity contribution < 1.29 is 5.11 Å². The predicted molar refractivity (Wildman–Crippen MR) is 64.0 cm³/mol. The van der Waals surface area contributed by atoms with Gasteiger partial charge in [-0.15, -0.1) is 0 Å². The van der Waals surface area contributed by atoms with E-state index in [0.717, 1.165) is 13.1 Å². The van der Waals surface area contributed by atoms with Crippen molar-refractivity contribution in [3.63, 3.8) is 0 Å². The van der Waals surface area contributed by atoms with Gasteiger partial charge in [-0.1, -0.05) is 0 Å². The van der Waals surface area contributed by atoms with Crippen LogP contribution in [-0.4, -0.2) is 29.2 Å². The molecule has 2 heterocycles. The van der Waals surface area contributed by atoms with Crippen LogP contribution in [0.2, 0.25) is 0 Å². The number of piperidine rings is 1. The Kier molecular flexibility index (Phi) is 3.78. The van der Waals surface area contributed by atoms with Crippen molar-refractivity contribution in [2.75, 3.05) is 13.2 Å². The first kappa shape index (κ1) is 11.1. The normalized spacial score (nSPS) is 28.1. The summed E-state index contributed by atoms with van der Waals surface area (Å²) in [7, 11) is 0. The van der Waals surface area contributed by atoms with Gasteiger partial charge < -0.3 is 5.11 Å². The standard InChI is InChI=1S/C12H19NOS/c1-10-2-3-11(8-14)6-13(10)7-12-4-5-15-9-12/h4-5,9-11,14H,2-3,6-8H2,1H3. The molecule has 1 fully saturated rings. The van der Waals surface area contributed by atoms with E-state index < -0.39 is 0 Å². The maximum absolute atomic E-state index is 9.20. The molecular formula is C12H19NOS. The van der Waals surface area contributed by atoms with Crippen LogP contribution in [0.5, 0.6) is 0 Å². The maximum atomic E-state index is 9.20. The van der Waals surface area contributed by atoms with Crippen molar-refractivity contribution in [2.45, 2.75) is 32.4 Å². The minimum atomic E-state index is 0.340. The van der Waals surface area contributed by atoms with Crippen LogP contribution in [0.3, 0.4) is 0 Å². The zero-order chi connectivity index (χ0) is 10.7. The Morgan fingerprint density at radius 3 is 3.07 bits per heavy atom. The molecule has 3 heteroatoms. The van der Waals surface area contributed by atoms with Gasteiger partial charge in [0.05, 0.1) is 0 Å². The molecule has 0 bridgehead atoms. The van der Waals surface area contributed by atoms with Gasteiger partial charge in [0, 0.05) is 25.7 Å². The molecule has 2 nitrogen and oxygen atoms in total. The minimum Gasteiger partial charge on any atom is -0.396 e. The Bertz CT molecular complexity index is 286. The summed E-state index contributed by atoms with van der Waals surface area (Å²) < 4.78 is 0. The van der Waals surface area contributed by atoms with E-state index >= 15 is 0 Å². The topological polar surface area (TPSA) is 23.5 Å². The van der Waals surface area contributed by atoms with Gasteiger partial charge in [0.15, 0.2) is 0 Å². The summed E-state index contributed by atoms with van der Waals surface area (Å²) in [5.74, 6) is 0.486. The van der Waals surface area contributed by atoms with Crippen LogP contribution in [-0.2, 0) is 6.54 Å². The summed E-state index contributed by atoms with van der Waals surface area (Å²) >= 11 is 1.76. The molecular weight excluding hydrogens is 206 g/mol. The summed E-state index contributed by atoms with van der Waals surface area (Å²) in [4.78, 5) is 2.49. The van der Waals surface area contributed by atoms with E-state index in [1.165, 1.54) is 18.4 Å². The summed E-state index contributed by atoms with van der Waals surface area (Å²) in [5, 5.41) is 13.5. The van der Waals surface area contributed by atoms with Crippen LogP contribution in [0.25, 0.3) is 0 Å². The van der Waals surface area contributed by atoms with Crippen LogP contribution in [0, 0.1) is 5.92 Å². The lowest BCUT2D eigenvalue weighted by atomic mass is 9.94. The maximum Gasteiger partial charge on any atom is 0.0471 e. The highest BCUT2D eigenvalue weighted by atomic mass is 32.1. The van der Waals surface area contributed by atoms with Gasteiger partial charge in [-0.2, -0.15) is 11.3 Å². The SMILES string of the molecule is CC1CCC(CO)CN1Cc1ccsc1. The zero-order valence-corrected chi connectivity index (χ0v) is 10.0. The van der Waals surface area contributed by atoms with Crippen molar-refractivity contribution >= 4 is 11.3 Å². The van der Waals surface area contributed by atoms with Crippen LogP contribution < -0.4 is 0 Å². The molecule has 0 spiro atoms. The molecule has 1 N–H and O–H groups in total. The summed E-state index contributed by atoms with van der Waals surface area (Å²) in [6, 6.07) is 2.85. The molecule has 2 rings (SSSR count). The highest BCUT2D eigenvalue weighted by molar-refractivity contribution is 7.07. The van der Waals surface area contributed by atoms with Gasteiger partial charge in [0.1, 0.15) is 0 Å². The molecule has 2 atom stereocenters. The molecule has 84 valence electrons. The van der Waals surface area contributed by atoms with E-state index in [-0.39, 0.29) is 0 Å². The van der Waals surface area contributed by atoms with Gasteiger partial charge in [-0.05, 0) is 48.1 Å². The molecule has 0 amide bonds. The smallest absolute Gasteiger partial charge is 0.0471 e. The fraction of sp³-hybridized carbons (Fsp3) is 0.667. The Hall–Kier alpha value is -0.380. The van der Waals surface area contributed by atoms with Gasteiger partial charge in [-0.25, -0.2) is 0 Å². The van der Waals surface area contributed by atoms with Crippen LogP contribution in [0.15, 0.2) is 16.8 Å². The molecule has 0 radical (unpaired) electrons. The molecule has 0 saturated carbocycles. The first-order valence-corrected chi connectivity index (χ1v) is 6.60. The lowest BCUT2D eigenvalue weighted by Crippen LogP contribution is -2.42. The lowest BCUT2D eigenvalue weighted by molar-refractivity contribution is 0.0772. The first-order valence-electron chi connectivity index (χ1n) is 5.65. The molecule has 2 unspecified atom stereocenters. The van der Waals surface area contributed by atoms with E-state index in [9.17, 15) is 5.11 Å². The molecule has 1 aromatic rings. The van der Waals surface area contributed by atoms with Crippen molar-refractivity contribution in [3.8, 4) is 0 Å². The number of aliphatic hydroxyl groups is 1. The fourth-order valence-corrected chi connectivity index (χ4v) is 2.91. The number of nitrogens with zero attached hydrogens (tertiary/aromatic N) is 1. The monoisotopic (exact) mass is 225 g/mol. The van der Waals surface area contributed by atoms with Crippen molar-refractivity contribution in [2.24, 2.45) is 5.92 Å². The highest BCUT2D eigenvalue weighted by Gasteiger charge is 2.24. The van der Waals surface area contributed by atoms with Crippen molar-refractivity contribution in [1.82, 2.24) is 4.90 Å². The fourth-order valence-electron chi connectivity index (χ4n) is 2.25. The van der Waals surface area contributed by atoms with E-state index in [0.29, 0.717) is 18.6 Å². The Morgan fingerprint density at radius 1 is 1.53 bits per heavy atom. The molecule has 1 aliphatic rings. The molecule has 1 aromatic heterocycles. The predicted octanol–water partition coefficient (Wildman–Crippen LogP) is 2.34. The minimum absolute atomic E-state index is 0.340. The Morgan fingerprint density at radius 2 is 2.40 bits per heavy atom. The van der Waals surface area contributed by atoms with Gasteiger partial charge in [0.2, 0.25) is 0 Å². The highest BCUT2D eigenvalue weighted by Crippen LogP contribution is 2.23. The van der Waals surface area contributed by atoms with Crippen molar-refractivity contribution in [1.29, 1.82) is 0 Å². The van der Waals surface area contributed by atoms with Crippen molar-refractivity contribution in [3.05, 3.63) is 22.4 Å². The second-order valence-electron chi connectivity index (χ2n) is 4.54. The molecule has 0 aliphatic carbocycles. The van der Waals surface area contributed by atoms with Crippen LogP contribution in [0.4, 0.5) is 0 Å². The van der Waals surface area contributed by atoms with E-state index in [1.807, 2.05) is 0 Å². The second-order valence-corrected chi connectivity index (χ2v) is 5.32. The number of rotatable bonds is 3. The summed E-state index contributed by atoms with van der Waals surface area (Å²) in [6.45, 7) is 4.72. The quantitative estimate of drug-likeness (QED) is 0.853. The third-order valence-electron chi connectivity index (χ3n) is 3.33. The molecule has 1 aliphatic heterocycles. The summed E-state index contributed by atoms with van der Waals surface area (Å²) in [5.41, 5.74) is 1.41. The first-order chi connectivity index (χ1) is 7.29. The number of aliphatic hydroxyl groups excluding tert-OH is 1. The van der Waals surface area contributed by atoms with E-state index in [2.05, 4.69) is 28.7 Å². The Labute approximate surface area is 95.5 Å². The van der Waals surface area contributed by atoms with Gasteiger partial charge >= 0.3 is 0 Å². The molecule has 0 aromatic carbocycles. The van der Waals surface area contributed by atoms with E-state index in [4.69, 9.17) is 0 Å². The van der Waals surface area contributed by atoms with E-state index in [1.54, 1.807) is 11.3 Å². The van der Waals surface area contributed by atoms with Crippen LogP contribution in [0.1, 0.15) is 25.3 Å².